The molecule has 0 aliphatic rings. The average molecular weight is 463 g/mol. The van der Waals surface area contributed by atoms with Crippen molar-refractivity contribution in [3.05, 3.63) is 78.0 Å². The lowest BCUT2D eigenvalue weighted by Gasteiger charge is -2.11. The van der Waals surface area contributed by atoms with Gasteiger partial charge in [-0.05, 0) is 55.5 Å². The summed E-state index contributed by atoms with van der Waals surface area (Å²) in [6.07, 6.45) is 3.31. The number of hydrogen-bond donors (Lipinski definition) is 1. The summed E-state index contributed by atoms with van der Waals surface area (Å²) in [6.45, 7) is 7.28. The average Bonchev–Trinajstić information content (AvgIpc) is 3.16. The maximum atomic E-state index is 12.7. The van der Waals surface area contributed by atoms with E-state index in [-0.39, 0.29) is 0 Å². The Hall–Kier alpha value is -3.03. The summed E-state index contributed by atoms with van der Waals surface area (Å²) in [6, 6.07) is 19.2. The summed E-state index contributed by atoms with van der Waals surface area (Å²) >= 11 is 0. The van der Waals surface area contributed by atoms with Crippen LogP contribution >= 0.6 is 0 Å². The first-order chi connectivity index (χ1) is 15.8. The van der Waals surface area contributed by atoms with Crippen molar-refractivity contribution in [2.24, 2.45) is 5.92 Å². The molecule has 2 heterocycles. The smallest absolute Gasteiger partial charge is 0.240 e. The monoisotopic (exact) mass is 462 g/mol. The highest BCUT2D eigenvalue weighted by molar-refractivity contribution is 7.89. The number of nitrogens with zero attached hydrogens (tertiary/aromatic N) is 3. The highest BCUT2D eigenvalue weighted by Gasteiger charge is 2.16. The second kappa shape index (κ2) is 9.85. The van der Waals surface area contributed by atoms with Crippen LogP contribution in [0.2, 0.25) is 0 Å². The Labute approximate surface area is 195 Å². The predicted octanol–water partition coefficient (Wildman–Crippen LogP) is 4.97. The van der Waals surface area contributed by atoms with E-state index in [1.54, 1.807) is 18.3 Å². The summed E-state index contributed by atoms with van der Waals surface area (Å²) in [7, 11) is -3.55. The molecule has 0 saturated carbocycles. The maximum absolute atomic E-state index is 12.7. The van der Waals surface area contributed by atoms with E-state index >= 15 is 0 Å². The first kappa shape index (κ1) is 23.1. The number of rotatable bonds is 9. The third-order valence-electron chi connectivity index (χ3n) is 5.54. The highest BCUT2D eigenvalue weighted by atomic mass is 32.2. The SMILES string of the molecule is Cc1ccc(-c2nc3cccnc3n2CCCNS(=O)(=O)c2ccc(CC(C)C)cc2)cc1. The third kappa shape index (κ3) is 5.49. The van der Waals surface area contributed by atoms with Crippen molar-refractivity contribution in [1.82, 2.24) is 19.3 Å². The largest absolute Gasteiger partial charge is 0.309 e. The molecule has 0 amide bonds. The Morgan fingerprint density at radius 1 is 1.00 bits per heavy atom. The predicted molar refractivity (Wildman–Crippen MR) is 132 cm³/mol. The number of hydrogen-bond acceptors (Lipinski definition) is 4. The topological polar surface area (TPSA) is 76.9 Å². The van der Waals surface area contributed by atoms with Gasteiger partial charge in [0.25, 0.3) is 0 Å². The van der Waals surface area contributed by atoms with Crippen molar-refractivity contribution in [1.29, 1.82) is 0 Å². The number of aryl methyl sites for hydroxylation is 2. The summed E-state index contributed by atoms with van der Waals surface area (Å²) < 4.78 is 30.2. The minimum atomic E-state index is -3.55. The molecule has 2 aromatic heterocycles. The standard InChI is InChI=1S/C26H30N4O2S/c1-19(2)18-21-9-13-23(14-10-21)33(31,32)28-16-5-17-30-25(22-11-7-20(3)8-12-22)29-24-6-4-15-27-26(24)30/h4,6-15,19,28H,5,16-18H2,1-3H3. The Bertz CT molecular complexity index is 1330. The van der Waals surface area contributed by atoms with Crippen molar-refractivity contribution in [2.45, 2.75) is 45.1 Å². The van der Waals surface area contributed by atoms with Crippen molar-refractivity contribution >= 4 is 21.2 Å². The minimum Gasteiger partial charge on any atom is -0.309 e. The number of nitrogens with one attached hydrogen (secondary N) is 1. The van der Waals surface area contributed by atoms with E-state index in [1.165, 1.54) is 5.56 Å². The van der Waals surface area contributed by atoms with Gasteiger partial charge in [0.2, 0.25) is 10.0 Å². The summed E-state index contributed by atoms with van der Waals surface area (Å²) in [4.78, 5) is 9.58. The van der Waals surface area contributed by atoms with E-state index in [4.69, 9.17) is 4.98 Å². The molecule has 0 aliphatic carbocycles. The van der Waals surface area contributed by atoms with Crippen molar-refractivity contribution in [3.63, 3.8) is 0 Å². The lowest BCUT2D eigenvalue weighted by Crippen LogP contribution is -2.25. The van der Waals surface area contributed by atoms with Crippen LogP contribution < -0.4 is 4.72 Å². The molecule has 0 saturated heterocycles. The summed E-state index contributed by atoms with van der Waals surface area (Å²) in [5.74, 6) is 1.37. The zero-order chi connectivity index (χ0) is 23.4. The van der Waals surface area contributed by atoms with Gasteiger partial charge in [-0.15, -0.1) is 0 Å². The van der Waals surface area contributed by atoms with Gasteiger partial charge in [-0.1, -0.05) is 55.8 Å². The molecule has 0 unspecified atom stereocenters. The molecule has 0 spiro atoms. The third-order valence-corrected chi connectivity index (χ3v) is 7.02. The molecule has 0 bridgehead atoms. The Kier molecular flexibility index (Phi) is 6.91. The lowest BCUT2D eigenvalue weighted by molar-refractivity contribution is 0.572. The van der Waals surface area contributed by atoms with Gasteiger partial charge in [-0.25, -0.2) is 23.1 Å². The van der Waals surface area contributed by atoms with Crippen molar-refractivity contribution in [3.8, 4) is 11.4 Å². The summed E-state index contributed by atoms with van der Waals surface area (Å²) in [5, 5.41) is 0. The minimum absolute atomic E-state index is 0.296. The normalized spacial score (nSPS) is 12.0. The number of pyridine rings is 1. The molecule has 4 aromatic rings. The number of fused-ring (bicyclic) bond motifs is 1. The van der Waals surface area contributed by atoms with E-state index in [2.05, 4.69) is 59.3 Å². The van der Waals surface area contributed by atoms with Crippen LogP contribution in [-0.2, 0) is 23.0 Å². The summed E-state index contributed by atoms with van der Waals surface area (Å²) in [5.41, 5.74) is 4.98. The number of aromatic nitrogens is 3. The van der Waals surface area contributed by atoms with E-state index in [0.29, 0.717) is 30.3 Å². The van der Waals surface area contributed by atoms with Crippen molar-refractivity contribution in [2.75, 3.05) is 6.54 Å². The van der Waals surface area contributed by atoms with Gasteiger partial charge in [0.1, 0.15) is 11.3 Å². The van der Waals surface area contributed by atoms with Gasteiger partial charge in [-0.3, -0.25) is 0 Å². The van der Waals surface area contributed by atoms with Crippen LogP contribution in [0.25, 0.3) is 22.6 Å². The molecule has 0 radical (unpaired) electrons. The maximum Gasteiger partial charge on any atom is 0.240 e. The highest BCUT2D eigenvalue weighted by Crippen LogP contribution is 2.24. The van der Waals surface area contributed by atoms with Crippen LogP contribution in [0, 0.1) is 12.8 Å². The van der Waals surface area contributed by atoms with Crippen LogP contribution in [0.1, 0.15) is 31.4 Å². The first-order valence-electron chi connectivity index (χ1n) is 11.3. The Morgan fingerprint density at radius 2 is 1.73 bits per heavy atom. The molecule has 4 rings (SSSR count). The molecule has 1 N–H and O–H groups in total. The number of sulfonamides is 1. The Balaban J connectivity index is 1.46. The van der Waals surface area contributed by atoms with E-state index in [1.807, 2.05) is 24.3 Å². The first-order valence-corrected chi connectivity index (χ1v) is 12.8. The van der Waals surface area contributed by atoms with Crippen LogP contribution in [0.15, 0.2) is 71.8 Å². The lowest BCUT2D eigenvalue weighted by atomic mass is 10.0. The van der Waals surface area contributed by atoms with Crippen LogP contribution in [0.4, 0.5) is 0 Å². The van der Waals surface area contributed by atoms with Gasteiger partial charge in [0, 0.05) is 24.8 Å². The molecule has 6 nitrogen and oxygen atoms in total. The fourth-order valence-corrected chi connectivity index (χ4v) is 4.97. The quantitative estimate of drug-likeness (QED) is 0.356. The number of imidazole rings is 1. The molecule has 7 heteroatoms. The van der Waals surface area contributed by atoms with Gasteiger partial charge in [0.05, 0.1) is 4.90 Å². The molecule has 33 heavy (non-hydrogen) atoms. The van der Waals surface area contributed by atoms with Gasteiger partial charge in [0.15, 0.2) is 5.65 Å². The zero-order valence-electron chi connectivity index (χ0n) is 19.3. The molecule has 0 aliphatic heterocycles. The molecular weight excluding hydrogens is 432 g/mol. The molecule has 0 fully saturated rings. The van der Waals surface area contributed by atoms with Gasteiger partial charge in [-0.2, -0.15) is 0 Å². The van der Waals surface area contributed by atoms with E-state index in [9.17, 15) is 8.42 Å². The molecule has 2 aromatic carbocycles. The second-order valence-electron chi connectivity index (χ2n) is 8.79. The zero-order valence-corrected chi connectivity index (χ0v) is 20.1. The molecule has 0 atom stereocenters. The Morgan fingerprint density at radius 3 is 2.42 bits per heavy atom. The van der Waals surface area contributed by atoms with Gasteiger partial charge >= 0.3 is 0 Å². The molecule has 172 valence electrons. The van der Waals surface area contributed by atoms with Crippen LogP contribution in [0.5, 0.6) is 0 Å². The fourth-order valence-electron chi connectivity index (χ4n) is 3.90. The second-order valence-corrected chi connectivity index (χ2v) is 10.6. The van der Waals surface area contributed by atoms with Crippen LogP contribution in [0.3, 0.4) is 0 Å². The van der Waals surface area contributed by atoms with Crippen LogP contribution in [-0.4, -0.2) is 29.5 Å². The fraction of sp³-hybridized carbons (Fsp3) is 0.308. The van der Waals surface area contributed by atoms with E-state index in [0.717, 1.165) is 34.5 Å². The van der Waals surface area contributed by atoms with Crippen molar-refractivity contribution < 1.29 is 8.42 Å². The number of benzene rings is 2. The molecular formula is C26H30N4O2S. The van der Waals surface area contributed by atoms with Gasteiger partial charge < -0.3 is 4.57 Å². The van der Waals surface area contributed by atoms with E-state index < -0.39 is 10.0 Å².